The Labute approximate surface area is 61.9 Å². The van der Waals surface area contributed by atoms with Crippen LogP contribution in [-0.2, 0) is 9.47 Å². The zero-order valence-electron chi connectivity index (χ0n) is 6.54. The molecule has 0 saturated carbocycles. The lowest BCUT2D eigenvalue weighted by Crippen LogP contribution is -2.27. The first-order valence-electron chi connectivity index (χ1n) is 3.39. The molecule has 3 nitrogen and oxygen atoms in total. The van der Waals surface area contributed by atoms with E-state index in [1.54, 1.807) is 14.2 Å². The molecular formula is C7H14NO2-. The highest BCUT2D eigenvalue weighted by molar-refractivity contribution is 4.84. The van der Waals surface area contributed by atoms with Gasteiger partial charge in [0.15, 0.2) is 0 Å². The molecule has 0 aromatic carbocycles. The third-order valence-electron chi connectivity index (χ3n) is 1.90. The van der Waals surface area contributed by atoms with Gasteiger partial charge >= 0.3 is 0 Å². The van der Waals surface area contributed by atoms with Crippen molar-refractivity contribution in [3.63, 3.8) is 0 Å². The summed E-state index contributed by atoms with van der Waals surface area (Å²) in [7, 11) is 7.22. The molecule has 1 saturated heterocycles. The standard InChI is InChI=1S/C7H14NO2/c1-8-4-6(9-2)7(5-8)10-3/h6-7H,1,4-5H2,2-3H3/q-1/t6-,7-/m0/s1. The van der Waals surface area contributed by atoms with Gasteiger partial charge in [-0.3, -0.25) is 7.05 Å². The van der Waals surface area contributed by atoms with Gasteiger partial charge in [-0.2, -0.15) is 0 Å². The summed E-state index contributed by atoms with van der Waals surface area (Å²) in [4.78, 5) is 1.96. The summed E-state index contributed by atoms with van der Waals surface area (Å²) in [6.07, 6.45) is 0.394. The maximum Gasteiger partial charge on any atom is 0.0946 e. The average molecular weight is 144 g/mol. The number of nitrogens with zero attached hydrogens (tertiary/aromatic N) is 1. The van der Waals surface area contributed by atoms with Crippen LogP contribution in [0.3, 0.4) is 0 Å². The molecule has 60 valence electrons. The molecule has 0 aromatic heterocycles. The summed E-state index contributed by atoms with van der Waals surface area (Å²) in [6, 6.07) is 0. The van der Waals surface area contributed by atoms with Gasteiger partial charge in [0.05, 0.1) is 12.2 Å². The van der Waals surface area contributed by atoms with E-state index in [-0.39, 0.29) is 12.2 Å². The van der Waals surface area contributed by atoms with Crippen molar-refractivity contribution in [1.29, 1.82) is 0 Å². The van der Waals surface area contributed by atoms with E-state index in [4.69, 9.17) is 9.47 Å². The number of hydrogen-bond donors (Lipinski definition) is 0. The summed E-state index contributed by atoms with van der Waals surface area (Å²) >= 11 is 0. The van der Waals surface area contributed by atoms with Gasteiger partial charge < -0.3 is 14.4 Å². The maximum absolute atomic E-state index is 5.18. The molecule has 3 heteroatoms. The molecule has 0 aliphatic carbocycles. The van der Waals surface area contributed by atoms with Crippen molar-refractivity contribution < 1.29 is 9.47 Å². The highest BCUT2D eigenvalue weighted by atomic mass is 16.5. The summed E-state index contributed by atoms with van der Waals surface area (Å²) in [6.45, 7) is 1.74. The Hall–Kier alpha value is -0.120. The Balaban J connectivity index is 2.41. The fraction of sp³-hybridized carbons (Fsp3) is 0.857. The van der Waals surface area contributed by atoms with E-state index in [1.807, 2.05) is 4.90 Å². The van der Waals surface area contributed by atoms with Crippen LogP contribution in [0.4, 0.5) is 0 Å². The molecule has 0 bridgehead atoms. The first-order chi connectivity index (χ1) is 4.77. The van der Waals surface area contributed by atoms with Crippen LogP contribution in [0.1, 0.15) is 0 Å². The second kappa shape index (κ2) is 3.32. The minimum Gasteiger partial charge on any atom is -0.455 e. The Morgan fingerprint density at radius 2 is 1.60 bits per heavy atom. The van der Waals surface area contributed by atoms with E-state index >= 15 is 0 Å². The van der Waals surface area contributed by atoms with Crippen LogP contribution in [0, 0.1) is 7.05 Å². The van der Waals surface area contributed by atoms with Gasteiger partial charge in [-0.15, -0.1) is 0 Å². The Morgan fingerprint density at radius 1 is 1.20 bits per heavy atom. The van der Waals surface area contributed by atoms with Crippen LogP contribution in [0.5, 0.6) is 0 Å². The fourth-order valence-corrected chi connectivity index (χ4v) is 1.27. The number of methoxy groups -OCH3 is 2. The first-order valence-corrected chi connectivity index (χ1v) is 3.39. The second-order valence-electron chi connectivity index (χ2n) is 2.58. The topological polar surface area (TPSA) is 21.7 Å². The van der Waals surface area contributed by atoms with Gasteiger partial charge in [-0.05, 0) is 13.1 Å². The van der Waals surface area contributed by atoms with Gasteiger partial charge in [0.1, 0.15) is 0 Å². The zero-order chi connectivity index (χ0) is 7.56. The summed E-state index contributed by atoms with van der Waals surface area (Å²) in [5.74, 6) is 0. The predicted octanol–water partition coefficient (Wildman–Crippen LogP) is 0.124. The second-order valence-corrected chi connectivity index (χ2v) is 2.58. The monoisotopic (exact) mass is 144 g/mol. The number of ether oxygens (including phenoxy) is 2. The minimum atomic E-state index is 0.197. The molecule has 1 aliphatic heterocycles. The Bertz CT molecular complexity index is 95.8. The van der Waals surface area contributed by atoms with Crippen molar-refractivity contribution in [3.05, 3.63) is 7.05 Å². The first kappa shape index (κ1) is 7.98. The van der Waals surface area contributed by atoms with E-state index in [9.17, 15) is 0 Å². The van der Waals surface area contributed by atoms with Crippen molar-refractivity contribution in [2.24, 2.45) is 0 Å². The van der Waals surface area contributed by atoms with Gasteiger partial charge in [0, 0.05) is 14.2 Å². The molecule has 0 radical (unpaired) electrons. The van der Waals surface area contributed by atoms with Crippen molar-refractivity contribution in [2.75, 3.05) is 27.3 Å². The number of hydrogen-bond acceptors (Lipinski definition) is 3. The zero-order valence-corrected chi connectivity index (χ0v) is 6.54. The third-order valence-corrected chi connectivity index (χ3v) is 1.90. The molecule has 0 amide bonds. The molecule has 0 spiro atoms. The lowest BCUT2D eigenvalue weighted by Gasteiger charge is -2.14. The fourth-order valence-electron chi connectivity index (χ4n) is 1.27. The highest BCUT2D eigenvalue weighted by Crippen LogP contribution is 2.13. The Kier molecular flexibility index (Phi) is 2.65. The molecule has 1 aliphatic rings. The summed E-state index contributed by atoms with van der Waals surface area (Å²) in [5.41, 5.74) is 0. The van der Waals surface area contributed by atoms with Gasteiger partial charge in [0.25, 0.3) is 0 Å². The molecule has 0 aromatic rings. The highest BCUT2D eigenvalue weighted by Gasteiger charge is 2.27. The molecule has 1 fully saturated rings. The largest absolute Gasteiger partial charge is 0.455 e. The van der Waals surface area contributed by atoms with E-state index in [2.05, 4.69) is 7.05 Å². The molecular weight excluding hydrogens is 130 g/mol. The smallest absolute Gasteiger partial charge is 0.0946 e. The van der Waals surface area contributed by atoms with Crippen LogP contribution in [0.15, 0.2) is 0 Å². The van der Waals surface area contributed by atoms with Crippen LogP contribution >= 0.6 is 0 Å². The maximum atomic E-state index is 5.18. The van der Waals surface area contributed by atoms with E-state index < -0.39 is 0 Å². The van der Waals surface area contributed by atoms with E-state index in [0.717, 1.165) is 13.1 Å². The van der Waals surface area contributed by atoms with Crippen molar-refractivity contribution in [3.8, 4) is 0 Å². The molecule has 10 heavy (non-hydrogen) atoms. The predicted molar refractivity (Wildman–Crippen MR) is 38.5 cm³/mol. The van der Waals surface area contributed by atoms with Crippen LogP contribution < -0.4 is 0 Å². The van der Waals surface area contributed by atoms with Crippen LogP contribution in [0.2, 0.25) is 0 Å². The molecule has 1 rings (SSSR count). The molecule has 0 N–H and O–H groups in total. The average Bonchev–Trinajstić information content (AvgIpc) is 2.30. The van der Waals surface area contributed by atoms with Gasteiger partial charge in [-0.25, -0.2) is 0 Å². The van der Waals surface area contributed by atoms with Crippen molar-refractivity contribution in [1.82, 2.24) is 4.90 Å². The molecule has 1 heterocycles. The molecule has 2 atom stereocenters. The normalized spacial score (nSPS) is 35.1. The third kappa shape index (κ3) is 1.48. The van der Waals surface area contributed by atoms with Gasteiger partial charge in [-0.1, -0.05) is 0 Å². The Morgan fingerprint density at radius 3 is 1.90 bits per heavy atom. The number of likely N-dealkylation sites (tertiary alicyclic amines) is 1. The molecule has 0 unspecified atom stereocenters. The minimum absolute atomic E-state index is 0.197. The quantitative estimate of drug-likeness (QED) is 0.514. The summed E-state index contributed by atoms with van der Waals surface area (Å²) in [5, 5.41) is 0. The SMILES string of the molecule is [CH2-]N1C[C@H](OC)[C@@H](OC)C1. The lowest BCUT2D eigenvalue weighted by atomic mass is 10.3. The number of rotatable bonds is 2. The summed E-state index contributed by atoms with van der Waals surface area (Å²) < 4.78 is 10.4. The lowest BCUT2D eigenvalue weighted by molar-refractivity contribution is -0.00461. The van der Waals surface area contributed by atoms with Gasteiger partial charge in [0.2, 0.25) is 0 Å². The van der Waals surface area contributed by atoms with E-state index in [0.29, 0.717) is 0 Å². The van der Waals surface area contributed by atoms with Crippen LogP contribution in [-0.4, -0.2) is 44.4 Å². The van der Waals surface area contributed by atoms with Crippen molar-refractivity contribution >= 4 is 0 Å². The van der Waals surface area contributed by atoms with Crippen LogP contribution in [0.25, 0.3) is 0 Å². The van der Waals surface area contributed by atoms with E-state index in [1.165, 1.54) is 0 Å². The van der Waals surface area contributed by atoms with Crippen molar-refractivity contribution in [2.45, 2.75) is 12.2 Å².